The van der Waals surface area contributed by atoms with E-state index < -0.39 is 12.4 Å². The molecule has 1 N–H and O–H groups in total. The number of rotatable bonds is 9. The summed E-state index contributed by atoms with van der Waals surface area (Å²) in [6.07, 6.45) is 0.194. The summed E-state index contributed by atoms with van der Waals surface area (Å²) in [4.78, 5) is 0. The Labute approximate surface area is 115 Å². The van der Waals surface area contributed by atoms with E-state index in [9.17, 15) is 5.11 Å². The van der Waals surface area contributed by atoms with Gasteiger partial charge in [0.2, 0.25) is 0 Å². The van der Waals surface area contributed by atoms with Gasteiger partial charge in [-0.2, -0.15) is 0 Å². The van der Waals surface area contributed by atoms with Crippen LogP contribution in [0.4, 0.5) is 0 Å². The van der Waals surface area contributed by atoms with Gasteiger partial charge in [0, 0.05) is 13.2 Å². The van der Waals surface area contributed by atoms with Crippen molar-refractivity contribution in [3.63, 3.8) is 0 Å². The van der Waals surface area contributed by atoms with Gasteiger partial charge >= 0.3 is 0 Å². The summed E-state index contributed by atoms with van der Waals surface area (Å²) < 4.78 is 15.9. The van der Waals surface area contributed by atoms with E-state index in [1.165, 1.54) is 0 Å². The van der Waals surface area contributed by atoms with Crippen molar-refractivity contribution < 1.29 is 19.3 Å². The molecule has 4 nitrogen and oxygen atoms in total. The van der Waals surface area contributed by atoms with Crippen LogP contribution < -0.4 is 4.74 Å². The third kappa shape index (κ3) is 5.59. The fourth-order valence-electron chi connectivity index (χ4n) is 1.88. The van der Waals surface area contributed by atoms with Crippen molar-refractivity contribution in [2.45, 2.75) is 39.1 Å². The molecule has 1 rings (SSSR count). The summed E-state index contributed by atoms with van der Waals surface area (Å²) in [5.74, 6) is 0.832. The number of hydrogen-bond acceptors (Lipinski definition) is 4. The standard InChI is InChI=1S/C15H24O4/c1-4-18-15(19-5-2)14(16)10-9-12-7-6-8-13(11-12)17-3/h6-8,11,14-16H,4-5,9-10H2,1-3H3. The highest BCUT2D eigenvalue weighted by Gasteiger charge is 2.19. The molecule has 1 aromatic carbocycles. The average molecular weight is 268 g/mol. The van der Waals surface area contributed by atoms with E-state index in [2.05, 4.69) is 0 Å². The minimum atomic E-state index is -0.619. The molecule has 0 aliphatic heterocycles. The molecule has 0 aliphatic rings. The van der Waals surface area contributed by atoms with Crippen LogP contribution in [-0.4, -0.2) is 37.8 Å². The van der Waals surface area contributed by atoms with Crippen molar-refractivity contribution in [2.75, 3.05) is 20.3 Å². The largest absolute Gasteiger partial charge is 0.497 e. The maximum atomic E-state index is 10.1. The zero-order valence-electron chi connectivity index (χ0n) is 12.0. The number of benzene rings is 1. The molecule has 0 radical (unpaired) electrons. The van der Waals surface area contributed by atoms with Crippen LogP contribution in [0.2, 0.25) is 0 Å². The van der Waals surface area contributed by atoms with E-state index in [0.717, 1.165) is 17.7 Å². The molecule has 1 unspecified atom stereocenters. The first-order valence-electron chi connectivity index (χ1n) is 6.75. The topological polar surface area (TPSA) is 47.9 Å². The lowest BCUT2D eigenvalue weighted by molar-refractivity contribution is -0.190. The molecule has 0 bridgehead atoms. The highest BCUT2D eigenvalue weighted by atomic mass is 16.7. The quantitative estimate of drug-likeness (QED) is 0.699. The van der Waals surface area contributed by atoms with Crippen LogP contribution in [0.15, 0.2) is 24.3 Å². The minimum Gasteiger partial charge on any atom is -0.497 e. The Bertz CT molecular complexity index is 348. The third-order valence-electron chi connectivity index (χ3n) is 2.84. The van der Waals surface area contributed by atoms with Crippen molar-refractivity contribution in [2.24, 2.45) is 0 Å². The number of methoxy groups -OCH3 is 1. The number of hydrogen-bond donors (Lipinski definition) is 1. The van der Waals surface area contributed by atoms with Gasteiger partial charge in [-0.1, -0.05) is 12.1 Å². The average Bonchev–Trinajstić information content (AvgIpc) is 2.44. The fourth-order valence-corrected chi connectivity index (χ4v) is 1.88. The van der Waals surface area contributed by atoms with Gasteiger partial charge in [0.05, 0.1) is 7.11 Å². The maximum Gasteiger partial charge on any atom is 0.183 e. The van der Waals surface area contributed by atoms with Crippen LogP contribution >= 0.6 is 0 Å². The summed E-state index contributed by atoms with van der Waals surface area (Å²) in [6.45, 7) is 4.84. The van der Waals surface area contributed by atoms with E-state index >= 15 is 0 Å². The molecule has 0 saturated carbocycles. The van der Waals surface area contributed by atoms with Gasteiger partial charge in [-0.25, -0.2) is 0 Å². The van der Waals surface area contributed by atoms with Crippen LogP contribution in [0.3, 0.4) is 0 Å². The molecule has 0 saturated heterocycles. The van der Waals surface area contributed by atoms with E-state index in [1.54, 1.807) is 7.11 Å². The lowest BCUT2D eigenvalue weighted by Gasteiger charge is -2.22. The van der Waals surface area contributed by atoms with Crippen LogP contribution in [-0.2, 0) is 15.9 Å². The van der Waals surface area contributed by atoms with Gasteiger partial charge < -0.3 is 19.3 Å². The molecule has 0 amide bonds. The summed E-state index contributed by atoms with van der Waals surface area (Å²) >= 11 is 0. The molecular formula is C15H24O4. The molecular weight excluding hydrogens is 244 g/mol. The van der Waals surface area contributed by atoms with E-state index in [0.29, 0.717) is 19.6 Å². The van der Waals surface area contributed by atoms with E-state index in [1.807, 2.05) is 38.1 Å². The van der Waals surface area contributed by atoms with Gasteiger partial charge in [-0.3, -0.25) is 0 Å². The molecule has 0 aromatic heterocycles. The molecule has 0 aliphatic carbocycles. The SMILES string of the molecule is CCOC(OCC)C(O)CCc1cccc(OC)c1. The molecule has 0 fully saturated rings. The fraction of sp³-hybridized carbons (Fsp3) is 0.600. The monoisotopic (exact) mass is 268 g/mol. The number of aryl methyl sites for hydroxylation is 1. The Morgan fingerprint density at radius 3 is 2.42 bits per heavy atom. The van der Waals surface area contributed by atoms with Crippen LogP contribution in [0, 0.1) is 0 Å². The second-order valence-corrected chi connectivity index (χ2v) is 4.24. The van der Waals surface area contributed by atoms with E-state index in [4.69, 9.17) is 14.2 Å². The number of ether oxygens (including phenoxy) is 3. The third-order valence-corrected chi connectivity index (χ3v) is 2.84. The Hall–Kier alpha value is -1.10. The summed E-state index contributed by atoms with van der Waals surface area (Å²) in [6, 6.07) is 7.85. The number of aliphatic hydroxyl groups excluding tert-OH is 1. The first-order valence-corrected chi connectivity index (χ1v) is 6.75. The molecule has 108 valence electrons. The van der Waals surface area contributed by atoms with E-state index in [-0.39, 0.29) is 0 Å². The maximum absolute atomic E-state index is 10.1. The van der Waals surface area contributed by atoms with Gasteiger partial charge in [0.1, 0.15) is 11.9 Å². The predicted molar refractivity (Wildman–Crippen MR) is 74.4 cm³/mol. The van der Waals surface area contributed by atoms with Crippen molar-refractivity contribution in [1.29, 1.82) is 0 Å². The van der Waals surface area contributed by atoms with Crippen LogP contribution in [0.1, 0.15) is 25.8 Å². The van der Waals surface area contributed by atoms with Gasteiger partial charge in [-0.05, 0) is 44.4 Å². The van der Waals surface area contributed by atoms with Crippen molar-refractivity contribution >= 4 is 0 Å². The second kappa shape index (κ2) is 8.91. The Morgan fingerprint density at radius 2 is 1.84 bits per heavy atom. The number of aliphatic hydroxyl groups is 1. The summed E-state index contributed by atoms with van der Waals surface area (Å²) in [5.41, 5.74) is 1.13. The molecule has 1 atom stereocenters. The first kappa shape index (κ1) is 16.0. The summed E-state index contributed by atoms with van der Waals surface area (Å²) in [7, 11) is 1.65. The molecule has 19 heavy (non-hydrogen) atoms. The van der Waals surface area contributed by atoms with Gasteiger partial charge in [0.15, 0.2) is 6.29 Å². The molecule has 1 aromatic rings. The lowest BCUT2D eigenvalue weighted by atomic mass is 10.1. The van der Waals surface area contributed by atoms with Crippen molar-refractivity contribution in [1.82, 2.24) is 0 Å². The Kier molecular flexibility index (Phi) is 7.48. The first-order chi connectivity index (χ1) is 9.21. The van der Waals surface area contributed by atoms with Crippen LogP contribution in [0.25, 0.3) is 0 Å². The molecule has 0 spiro atoms. The van der Waals surface area contributed by atoms with Crippen molar-refractivity contribution in [3.8, 4) is 5.75 Å². The molecule has 0 heterocycles. The minimum absolute atomic E-state index is 0.529. The Morgan fingerprint density at radius 1 is 1.16 bits per heavy atom. The zero-order valence-corrected chi connectivity index (χ0v) is 12.0. The smallest absolute Gasteiger partial charge is 0.183 e. The summed E-state index contributed by atoms with van der Waals surface area (Å²) in [5, 5.41) is 10.1. The normalized spacial score (nSPS) is 12.7. The van der Waals surface area contributed by atoms with Gasteiger partial charge in [-0.15, -0.1) is 0 Å². The van der Waals surface area contributed by atoms with Crippen LogP contribution in [0.5, 0.6) is 5.75 Å². The van der Waals surface area contributed by atoms with Gasteiger partial charge in [0.25, 0.3) is 0 Å². The predicted octanol–water partition coefficient (Wildman–Crippen LogP) is 2.39. The highest BCUT2D eigenvalue weighted by molar-refractivity contribution is 5.28. The lowest BCUT2D eigenvalue weighted by Crippen LogP contribution is -2.32. The van der Waals surface area contributed by atoms with Crippen molar-refractivity contribution in [3.05, 3.63) is 29.8 Å². The molecule has 4 heteroatoms. The Balaban J connectivity index is 2.48. The zero-order chi connectivity index (χ0) is 14.1. The highest BCUT2D eigenvalue weighted by Crippen LogP contribution is 2.16. The second-order valence-electron chi connectivity index (χ2n) is 4.24.